The van der Waals surface area contributed by atoms with Crippen molar-refractivity contribution < 1.29 is 9.53 Å². The van der Waals surface area contributed by atoms with E-state index < -0.39 is 0 Å². The van der Waals surface area contributed by atoms with Gasteiger partial charge in [-0.05, 0) is 30.5 Å². The van der Waals surface area contributed by atoms with Crippen LogP contribution in [0.5, 0.6) is 0 Å². The highest BCUT2D eigenvalue weighted by atomic mass is 35.5. The molecule has 1 aromatic rings. The molecule has 1 aliphatic rings. The van der Waals surface area contributed by atoms with E-state index in [0.717, 1.165) is 24.4 Å². The van der Waals surface area contributed by atoms with Crippen molar-refractivity contribution in [2.75, 3.05) is 26.3 Å². The second-order valence-corrected chi connectivity index (χ2v) is 5.04. The molecule has 1 atom stereocenters. The molecule has 1 amide bonds. The number of carbonyl (C=O) groups is 1. The fraction of sp³-hybridized carbons (Fsp3) is 0.500. The Hall–Kier alpha value is -1.10. The zero-order chi connectivity index (χ0) is 13.5. The zero-order valence-corrected chi connectivity index (χ0v) is 11.6. The molecule has 0 radical (unpaired) electrons. The summed E-state index contributed by atoms with van der Waals surface area (Å²) in [5.74, 6) is 0.0239. The van der Waals surface area contributed by atoms with Gasteiger partial charge in [0, 0.05) is 18.1 Å². The van der Waals surface area contributed by atoms with Crippen LogP contribution in [0.25, 0.3) is 0 Å². The second kappa shape index (κ2) is 7.48. The Morgan fingerprint density at radius 1 is 1.42 bits per heavy atom. The van der Waals surface area contributed by atoms with E-state index in [0.29, 0.717) is 19.8 Å². The van der Waals surface area contributed by atoms with Crippen molar-refractivity contribution in [3.05, 3.63) is 34.9 Å². The van der Waals surface area contributed by atoms with Crippen LogP contribution in [0.3, 0.4) is 0 Å². The molecule has 1 heterocycles. The molecule has 2 N–H and O–H groups in total. The van der Waals surface area contributed by atoms with Gasteiger partial charge in [0.25, 0.3) is 0 Å². The lowest BCUT2D eigenvalue weighted by Crippen LogP contribution is -2.51. The van der Waals surface area contributed by atoms with Gasteiger partial charge in [0.2, 0.25) is 5.91 Å². The van der Waals surface area contributed by atoms with Crippen LogP contribution in [0, 0.1) is 0 Å². The first-order valence-electron chi connectivity index (χ1n) is 6.59. The van der Waals surface area contributed by atoms with Crippen LogP contribution < -0.4 is 10.6 Å². The highest BCUT2D eigenvalue weighted by Gasteiger charge is 2.20. The van der Waals surface area contributed by atoms with Gasteiger partial charge in [-0.15, -0.1) is 0 Å². The van der Waals surface area contributed by atoms with Crippen LogP contribution in [-0.2, 0) is 16.0 Å². The summed E-state index contributed by atoms with van der Waals surface area (Å²) in [6, 6.07) is 7.60. The molecule has 0 aromatic heterocycles. The summed E-state index contributed by atoms with van der Waals surface area (Å²) in [5, 5.41) is 6.81. The molecule has 1 saturated heterocycles. The highest BCUT2D eigenvalue weighted by molar-refractivity contribution is 6.30. The Labute approximate surface area is 118 Å². The van der Waals surface area contributed by atoms with Gasteiger partial charge >= 0.3 is 0 Å². The van der Waals surface area contributed by atoms with Crippen molar-refractivity contribution in [3.63, 3.8) is 0 Å². The molecule has 1 aliphatic heterocycles. The largest absolute Gasteiger partial charge is 0.378 e. The Balaban J connectivity index is 1.63. The number of ether oxygens (including phenoxy) is 1. The number of hydrogen-bond acceptors (Lipinski definition) is 3. The number of aryl methyl sites for hydroxylation is 1. The second-order valence-electron chi connectivity index (χ2n) is 4.60. The van der Waals surface area contributed by atoms with Crippen molar-refractivity contribution in [3.8, 4) is 0 Å². The number of carbonyl (C=O) groups excluding carboxylic acids is 1. The van der Waals surface area contributed by atoms with Gasteiger partial charge in [0.15, 0.2) is 0 Å². The molecule has 2 rings (SSSR count). The van der Waals surface area contributed by atoms with E-state index in [1.165, 1.54) is 5.56 Å². The van der Waals surface area contributed by atoms with E-state index in [-0.39, 0.29) is 11.9 Å². The summed E-state index contributed by atoms with van der Waals surface area (Å²) in [7, 11) is 0. The van der Waals surface area contributed by atoms with Crippen LogP contribution in [-0.4, -0.2) is 38.3 Å². The summed E-state index contributed by atoms with van der Waals surface area (Å²) in [6.07, 6.45) is 1.85. The maximum Gasteiger partial charge on any atom is 0.239 e. The maximum absolute atomic E-state index is 11.8. The predicted molar refractivity (Wildman–Crippen MR) is 75.4 cm³/mol. The Morgan fingerprint density at radius 3 is 2.89 bits per heavy atom. The van der Waals surface area contributed by atoms with Crippen molar-refractivity contribution in [2.45, 2.75) is 18.9 Å². The van der Waals surface area contributed by atoms with Gasteiger partial charge in [-0.25, -0.2) is 0 Å². The normalized spacial score (nSPS) is 19.1. The third kappa shape index (κ3) is 4.82. The highest BCUT2D eigenvalue weighted by Crippen LogP contribution is 2.10. The number of morpholine rings is 1. The molecule has 1 unspecified atom stereocenters. The van der Waals surface area contributed by atoms with E-state index >= 15 is 0 Å². The summed E-state index contributed by atoms with van der Waals surface area (Å²) in [6.45, 7) is 2.56. The minimum atomic E-state index is -0.204. The molecule has 0 spiro atoms. The van der Waals surface area contributed by atoms with E-state index in [1.54, 1.807) is 0 Å². The predicted octanol–water partition coefficient (Wildman–Crippen LogP) is 1.38. The molecule has 5 heteroatoms. The molecule has 0 aliphatic carbocycles. The molecule has 1 aromatic carbocycles. The molecule has 4 nitrogen and oxygen atoms in total. The fourth-order valence-electron chi connectivity index (χ4n) is 2.01. The van der Waals surface area contributed by atoms with Gasteiger partial charge in [0.05, 0.1) is 13.2 Å². The number of nitrogens with one attached hydrogen (secondary N) is 2. The van der Waals surface area contributed by atoms with Crippen LogP contribution >= 0.6 is 11.6 Å². The molecule has 104 valence electrons. The summed E-state index contributed by atoms with van der Waals surface area (Å²) in [5.41, 5.74) is 1.23. The number of benzene rings is 1. The fourth-order valence-corrected chi connectivity index (χ4v) is 2.14. The molecule has 0 bridgehead atoms. The van der Waals surface area contributed by atoms with E-state index in [2.05, 4.69) is 10.6 Å². The molecule has 0 saturated carbocycles. The molecule has 1 fully saturated rings. The van der Waals surface area contributed by atoms with Crippen LogP contribution in [0.1, 0.15) is 12.0 Å². The third-order valence-corrected chi connectivity index (χ3v) is 3.34. The van der Waals surface area contributed by atoms with E-state index in [4.69, 9.17) is 16.3 Å². The summed E-state index contributed by atoms with van der Waals surface area (Å²) >= 11 is 5.82. The SMILES string of the molecule is O=C(NCCCc1ccc(Cl)cc1)C1COCCN1. The van der Waals surface area contributed by atoms with E-state index in [9.17, 15) is 4.79 Å². The lowest BCUT2D eigenvalue weighted by molar-refractivity contribution is -0.125. The smallest absolute Gasteiger partial charge is 0.239 e. The Bertz CT molecular complexity index is 402. The topological polar surface area (TPSA) is 50.4 Å². The number of halogens is 1. The summed E-state index contributed by atoms with van der Waals surface area (Å²) < 4.78 is 5.25. The third-order valence-electron chi connectivity index (χ3n) is 3.09. The van der Waals surface area contributed by atoms with Gasteiger partial charge in [-0.1, -0.05) is 23.7 Å². The van der Waals surface area contributed by atoms with Crippen LogP contribution in [0.15, 0.2) is 24.3 Å². The summed E-state index contributed by atoms with van der Waals surface area (Å²) in [4.78, 5) is 11.8. The first kappa shape index (κ1) is 14.3. The van der Waals surface area contributed by atoms with Crippen molar-refractivity contribution in [1.82, 2.24) is 10.6 Å². The van der Waals surface area contributed by atoms with Gasteiger partial charge in [-0.2, -0.15) is 0 Å². The van der Waals surface area contributed by atoms with Gasteiger partial charge < -0.3 is 15.4 Å². The van der Waals surface area contributed by atoms with Crippen molar-refractivity contribution in [1.29, 1.82) is 0 Å². The zero-order valence-electron chi connectivity index (χ0n) is 10.8. The number of hydrogen-bond donors (Lipinski definition) is 2. The van der Waals surface area contributed by atoms with Crippen molar-refractivity contribution in [2.24, 2.45) is 0 Å². The average molecular weight is 283 g/mol. The minimum Gasteiger partial charge on any atom is -0.378 e. The minimum absolute atomic E-state index is 0.0239. The number of amides is 1. The Morgan fingerprint density at radius 2 is 2.21 bits per heavy atom. The molecule has 19 heavy (non-hydrogen) atoms. The quantitative estimate of drug-likeness (QED) is 0.802. The first-order valence-corrected chi connectivity index (χ1v) is 6.97. The Kier molecular flexibility index (Phi) is 5.63. The average Bonchev–Trinajstić information content (AvgIpc) is 2.46. The van der Waals surface area contributed by atoms with Crippen LogP contribution in [0.4, 0.5) is 0 Å². The lowest BCUT2D eigenvalue weighted by atomic mass is 10.1. The standard InChI is InChI=1S/C14H19ClN2O2/c15-12-5-3-11(4-6-12)2-1-7-17-14(18)13-10-19-9-8-16-13/h3-6,13,16H,1-2,7-10H2,(H,17,18). The lowest BCUT2D eigenvalue weighted by Gasteiger charge is -2.22. The van der Waals surface area contributed by atoms with Crippen molar-refractivity contribution >= 4 is 17.5 Å². The van der Waals surface area contributed by atoms with Gasteiger partial charge in [-0.3, -0.25) is 4.79 Å². The molecular formula is C14H19ClN2O2. The van der Waals surface area contributed by atoms with E-state index in [1.807, 2.05) is 24.3 Å². The maximum atomic E-state index is 11.8. The monoisotopic (exact) mass is 282 g/mol. The van der Waals surface area contributed by atoms with Gasteiger partial charge in [0.1, 0.15) is 6.04 Å². The first-order chi connectivity index (χ1) is 9.25. The number of rotatable bonds is 5. The molecular weight excluding hydrogens is 264 g/mol. The van der Waals surface area contributed by atoms with Crippen LogP contribution in [0.2, 0.25) is 5.02 Å².